The molecular weight excluding hydrogens is 712 g/mol. The maximum Gasteiger partial charge on any atom is 0.220 e. The highest BCUT2D eigenvalue weighted by molar-refractivity contribution is 5.76. The fraction of sp³-hybridized carbons (Fsp3) is 0.889. The zero-order chi connectivity index (χ0) is 40.2. The molecule has 0 bridgehead atoms. The van der Waals surface area contributed by atoms with Gasteiger partial charge >= 0.3 is 0 Å². The molecule has 0 aromatic heterocycles. The van der Waals surface area contributed by atoms with Gasteiger partial charge in [-0.25, -0.2) is 0 Å². The van der Waals surface area contributed by atoms with E-state index in [1.807, 2.05) is 13.8 Å². The minimum absolute atomic E-state index is 0.0637. The molecule has 2 saturated heterocycles. The lowest BCUT2D eigenvalue weighted by atomic mass is 9.95. The van der Waals surface area contributed by atoms with Crippen LogP contribution in [0.25, 0.3) is 0 Å². The summed E-state index contributed by atoms with van der Waals surface area (Å²) in [4.78, 5) is 48.1. The fourth-order valence-electron chi connectivity index (χ4n) is 6.32. The van der Waals surface area contributed by atoms with Crippen LogP contribution in [0.3, 0.4) is 0 Å². The molecule has 314 valence electrons. The van der Waals surface area contributed by atoms with Crippen LogP contribution in [0.2, 0.25) is 0 Å². The lowest BCUT2D eigenvalue weighted by molar-refractivity contribution is -0.270. The highest BCUT2D eigenvalue weighted by Crippen LogP contribution is 2.24. The summed E-state index contributed by atoms with van der Waals surface area (Å²) in [5.74, 6) is -0.673. The number of rotatable bonds is 25. The van der Waals surface area contributed by atoms with Gasteiger partial charge in [0.05, 0.1) is 13.2 Å². The predicted octanol–water partition coefficient (Wildman–Crippen LogP) is -1.69. The first kappa shape index (κ1) is 47.6. The summed E-state index contributed by atoms with van der Waals surface area (Å²) in [6.45, 7) is 7.01. The molecule has 18 heteroatoms. The predicted molar refractivity (Wildman–Crippen MR) is 193 cm³/mol. The van der Waals surface area contributed by atoms with Crippen molar-refractivity contribution in [3.05, 3.63) is 0 Å². The van der Waals surface area contributed by atoms with Crippen LogP contribution in [0.4, 0.5) is 0 Å². The molecule has 0 spiro atoms. The van der Waals surface area contributed by atoms with E-state index in [2.05, 4.69) is 21.3 Å². The second-order valence-corrected chi connectivity index (χ2v) is 14.5. The molecule has 54 heavy (non-hydrogen) atoms. The summed E-state index contributed by atoms with van der Waals surface area (Å²) >= 11 is 0. The van der Waals surface area contributed by atoms with Gasteiger partial charge in [-0.15, -0.1) is 0 Å². The largest absolute Gasteiger partial charge is 0.394 e. The van der Waals surface area contributed by atoms with Gasteiger partial charge in [0.15, 0.2) is 12.6 Å². The van der Waals surface area contributed by atoms with E-state index in [0.29, 0.717) is 51.6 Å². The molecule has 2 rings (SSSR count). The van der Waals surface area contributed by atoms with E-state index in [4.69, 9.17) is 18.9 Å². The Balaban J connectivity index is 1.56. The Labute approximate surface area is 318 Å². The molecular formula is C36H66N4O14. The molecule has 2 aliphatic heterocycles. The monoisotopic (exact) mass is 778 g/mol. The van der Waals surface area contributed by atoms with Gasteiger partial charge in [0.1, 0.15) is 48.7 Å². The van der Waals surface area contributed by atoms with Gasteiger partial charge in [-0.2, -0.15) is 0 Å². The Hall–Kier alpha value is -2.52. The Bertz CT molecular complexity index is 1040. The van der Waals surface area contributed by atoms with Crippen LogP contribution in [0.15, 0.2) is 0 Å². The maximum absolute atomic E-state index is 12.5. The summed E-state index contributed by atoms with van der Waals surface area (Å²) < 4.78 is 22.5. The topological polar surface area (TPSA) is 275 Å². The third-order valence-corrected chi connectivity index (χ3v) is 9.73. The molecule has 10 unspecified atom stereocenters. The lowest BCUT2D eigenvalue weighted by Crippen LogP contribution is -2.64. The number of nitrogens with one attached hydrogen (secondary N) is 4. The second kappa shape index (κ2) is 25.6. The van der Waals surface area contributed by atoms with E-state index in [9.17, 15) is 49.8 Å². The zero-order valence-electron chi connectivity index (χ0n) is 32.2. The molecule has 0 aromatic rings. The summed E-state index contributed by atoms with van der Waals surface area (Å²) in [6.07, 6.45) is -3.14. The zero-order valence-corrected chi connectivity index (χ0v) is 32.2. The third kappa shape index (κ3) is 16.7. The smallest absolute Gasteiger partial charge is 0.220 e. The number of aliphatic hydroxyl groups excluding tert-OH is 6. The van der Waals surface area contributed by atoms with Gasteiger partial charge in [0, 0.05) is 53.0 Å². The van der Waals surface area contributed by atoms with E-state index < -0.39 is 86.3 Å². The lowest BCUT2D eigenvalue weighted by Gasteiger charge is -2.42. The number of unbranched alkanes of at least 4 members (excludes halogenated alkanes) is 6. The van der Waals surface area contributed by atoms with Gasteiger partial charge in [-0.3, -0.25) is 19.2 Å². The second-order valence-electron chi connectivity index (χ2n) is 14.5. The number of aliphatic hydroxyl groups is 6. The number of hydrogen-bond acceptors (Lipinski definition) is 14. The molecule has 10 atom stereocenters. The van der Waals surface area contributed by atoms with Gasteiger partial charge in [0.2, 0.25) is 23.6 Å². The first-order valence-corrected chi connectivity index (χ1v) is 19.3. The Morgan fingerprint density at radius 3 is 1.30 bits per heavy atom. The normalized spacial score (nSPS) is 29.0. The number of carbonyl (C=O) groups is 4. The molecule has 18 nitrogen and oxygen atoms in total. The molecule has 2 aliphatic rings. The number of ether oxygens (including phenoxy) is 4. The van der Waals surface area contributed by atoms with E-state index >= 15 is 0 Å². The van der Waals surface area contributed by atoms with E-state index in [1.165, 1.54) is 13.8 Å². The summed E-state index contributed by atoms with van der Waals surface area (Å²) in [6, 6.07) is -1.96. The van der Waals surface area contributed by atoms with Crippen LogP contribution in [0, 0.1) is 11.8 Å². The minimum atomic E-state index is -1.37. The van der Waals surface area contributed by atoms with E-state index in [-0.39, 0.29) is 36.9 Å². The number of amides is 4. The van der Waals surface area contributed by atoms with Crippen molar-refractivity contribution >= 4 is 23.6 Å². The van der Waals surface area contributed by atoms with Crippen LogP contribution in [-0.4, -0.2) is 155 Å². The van der Waals surface area contributed by atoms with Crippen molar-refractivity contribution in [2.75, 3.05) is 39.5 Å². The first-order valence-electron chi connectivity index (χ1n) is 19.3. The first-order chi connectivity index (χ1) is 25.7. The fourth-order valence-corrected chi connectivity index (χ4v) is 6.32. The van der Waals surface area contributed by atoms with Crippen LogP contribution in [0.1, 0.15) is 91.9 Å². The van der Waals surface area contributed by atoms with E-state index in [0.717, 1.165) is 25.7 Å². The van der Waals surface area contributed by atoms with Crippen molar-refractivity contribution in [1.29, 1.82) is 0 Å². The SMILES string of the molecule is CC(=O)NC1C(OCCCCCCC(=O)NCC(CNC(=O)CCCCCCOC2OC(CO)C(O)C(O)C2NC(C)=O)C(C)C)OC(CO)C(O)C1O. The van der Waals surface area contributed by atoms with Crippen molar-refractivity contribution in [2.45, 2.75) is 153 Å². The van der Waals surface area contributed by atoms with Gasteiger partial charge in [-0.1, -0.05) is 39.5 Å². The Kier molecular flexibility index (Phi) is 22.6. The van der Waals surface area contributed by atoms with Gasteiger partial charge < -0.3 is 70.9 Å². The summed E-state index contributed by atoms with van der Waals surface area (Å²) in [7, 11) is 0. The summed E-state index contributed by atoms with van der Waals surface area (Å²) in [5.41, 5.74) is 0. The standard InChI is InChI=1S/C36H66N4O14/c1-21(2)24(17-37-27(45)13-9-5-7-11-15-51-35-29(39-22(3)43)33(49)31(47)25(19-41)53-35)18-38-28(46)14-10-6-8-12-16-52-36-30(40-23(4)44)34(50)32(48)26(20-42)54-36/h21,24-26,29-36,41-42,47-50H,5-20H2,1-4H3,(H,37,45)(H,38,46)(H,39,43)(H,40,44). The van der Waals surface area contributed by atoms with Crippen LogP contribution >= 0.6 is 0 Å². The van der Waals surface area contributed by atoms with Crippen molar-refractivity contribution < 1.29 is 68.8 Å². The van der Waals surface area contributed by atoms with Crippen molar-refractivity contribution in [2.24, 2.45) is 11.8 Å². The Morgan fingerprint density at radius 2 is 0.963 bits per heavy atom. The van der Waals surface area contributed by atoms with Crippen molar-refractivity contribution in [3.63, 3.8) is 0 Å². The molecule has 2 fully saturated rings. The highest BCUT2D eigenvalue weighted by atomic mass is 16.7. The molecule has 4 amide bonds. The van der Waals surface area contributed by atoms with Crippen LogP contribution in [0.5, 0.6) is 0 Å². The highest BCUT2D eigenvalue weighted by Gasteiger charge is 2.46. The quantitative estimate of drug-likeness (QED) is 0.0464. The van der Waals surface area contributed by atoms with E-state index in [1.54, 1.807) is 0 Å². The van der Waals surface area contributed by atoms with Gasteiger partial charge in [0.25, 0.3) is 0 Å². The third-order valence-electron chi connectivity index (χ3n) is 9.73. The molecule has 0 radical (unpaired) electrons. The molecule has 0 aromatic carbocycles. The Morgan fingerprint density at radius 1 is 0.593 bits per heavy atom. The molecule has 2 heterocycles. The average molecular weight is 779 g/mol. The number of carbonyl (C=O) groups excluding carboxylic acids is 4. The van der Waals surface area contributed by atoms with Crippen LogP contribution in [-0.2, 0) is 38.1 Å². The molecule has 0 saturated carbocycles. The van der Waals surface area contributed by atoms with Gasteiger partial charge in [-0.05, 0) is 37.5 Å². The summed E-state index contributed by atoms with van der Waals surface area (Å²) in [5, 5.41) is 70.8. The maximum atomic E-state index is 12.5. The van der Waals surface area contributed by atoms with Crippen LogP contribution < -0.4 is 21.3 Å². The molecule has 0 aliphatic carbocycles. The van der Waals surface area contributed by atoms with Crippen molar-refractivity contribution in [3.8, 4) is 0 Å². The number of hydrogen-bond donors (Lipinski definition) is 10. The van der Waals surface area contributed by atoms with Crippen molar-refractivity contribution in [1.82, 2.24) is 21.3 Å². The molecule has 10 N–H and O–H groups in total. The minimum Gasteiger partial charge on any atom is -0.394 e. The average Bonchev–Trinajstić information content (AvgIpc) is 3.12.